The van der Waals surface area contributed by atoms with Crippen molar-refractivity contribution < 1.29 is 4.79 Å². The van der Waals surface area contributed by atoms with Crippen molar-refractivity contribution in [3.05, 3.63) is 12.2 Å². The number of hydrogen-bond acceptors (Lipinski definition) is 2. The third-order valence-corrected chi connectivity index (χ3v) is 1.41. The van der Waals surface area contributed by atoms with Crippen LogP contribution in [0.5, 0.6) is 0 Å². The van der Waals surface area contributed by atoms with E-state index in [0.717, 1.165) is 6.42 Å². The summed E-state index contributed by atoms with van der Waals surface area (Å²) in [6.45, 7) is 3.81. The van der Waals surface area contributed by atoms with E-state index in [4.69, 9.17) is 5.73 Å². The molecule has 0 aromatic heterocycles. The van der Waals surface area contributed by atoms with Gasteiger partial charge in [-0.3, -0.25) is 4.79 Å². The Hall–Kier alpha value is -0.630. The number of allylic oxidation sites excluding steroid dienone is 2. The van der Waals surface area contributed by atoms with Crippen molar-refractivity contribution in [3.8, 4) is 0 Å². The largest absolute Gasteiger partial charge is 0.322 e. The Bertz CT molecular complexity index is 129. The van der Waals surface area contributed by atoms with E-state index < -0.39 is 0 Å². The van der Waals surface area contributed by atoms with Crippen LogP contribution in [0.25, 0.3) is 0 Å². The Morgan fingerprint density at radius 2 is 2.30 bits per heavy atom. The number of nitrogens with two attached hydrogens (primary N) is 1. The predicted molar refractivity (Wildman–Crippen MR) is 42.7 cm³/mol. The van der Waals surface area contributed by atoms with Gasteiger partial charge in [-0.25, -0.2) is 0 Å². The standard InChI is InChI=1S/C8H15NO/c1-3-5-6-8(10)7(9)4-2/h3,5,7H,4,6,9H2,1-2H3/b5-3-. The Kier molecular flexibility index (Phi) is 4.85. The lowest BCUT2D eigenvalue weighted by atomic mass is 10.1. The number of rotatable bonds is 4. The first-order valence-corrected chi connectivity index (χ1v) is 3.61. The topological polar surface area (TPSA) is 43.1 Å². The van der Waals surface area contributed by atoms with Crippen LogP contribution in [0.4, 0.5) is 0 Å². The van der Waals surface area contributed by atoms with E-state index in [1.165, 1.54) is 0 Å². The van der Waals surface area contributed by atoms with Gasteiger partial charge in [0.1, 0.15) is 0 Å². The van der Waals surface area contributed by atoms with Gasteiger partial charge in [0.25, 0.3) is 0 Å². The van der Waals surface area contributed by atoms with E-state index in [1.807, 2.05) is 26.0 Å². The number of carbonyl (C=O) groups excluding carboxylic acids is 1. The van der Waals surface area contributed by atoms with Crippen molar-refractivity contribution in [1.82, 2.24) is 0 Å². The second kappa shape index (κ2) is 5.18. The molecular formula is C8H15NO. The zero-order valence-electron chi connectivity index (χ0n) is 6.63. The van der Waals surface area contributed by atoms with Crippen LogP contribution in [0.2, 0.25) is 0 Å². The maximum Gasteiger partial charge on any atom is 0.153 e. The van der Waals surface area contributed by atoms with Crippen molar-refractivity contribution in [2.75, 3.05) is 0 Å². The van der Waals surface area contributed by atoms with Crippen molar-refractivity contribution in [2.24, 2.45) is 5.73 Å². The molecule has 58 valence electrons. The van der Waals surface area contributed by atoms with Gasteiger partial charge in [0.05, 0.1) is 6.04 Å². The van der Waals surface area contributed by atoms with Crippen molar-refractivity contribution >= 4 is 5.78 Å². The molecule has 2 nitrogen and oxygen atoms in total. The van der Waals surface area contributed by atoms with E-state index in [1.54, 1.807) is 0 Å². The summed E-state index contributed by atoms with van der Waals surface area (Å²) in [5, 5.41) is 0. The van der Waals surface area contributed by atoms with Crippen LogP contribution in [0.3, 0.4) is 0 Å². The zero-order chi connectivity index (χ0) is 7.98. The molecule has 0 rings (SSSR count). The molecule has 0 saturated carbocycles. The Morgan fingerprint density at radius 1 is 1.70 bits per heavy atom. The smallest absolute Gasteiger partial charge is 0.153 e. The minimum absolute atomic E-state index is 0.126. The molecule has 0 saturated heterocycles. The summed E-state index contributed by atoms with van der Waals surface area (Å²) in [5.41, 5.74) is 5.47. The number of carbonyl (C=O) groups is 1. The molecule has 0 fully saturated rings. The minimum Gasteiger partial charge on any atom is -0.322 e. The quantitative estimate of drug-likeness (QED) is 0.599. The molecule has 0 aromatic carbocycles. The average molecular weight is 141 g/mol. The molecule has 1 atom stereocenters. The molecule has 0 aliphatic carbocycles. The molecule has 10 heavy (non-hydrogen) atoms. The highest BCUT2D eigenvalue weighted by Crippen LogP contribution is 1.94. The summed E-state index contributed by atoms with van der Waals surface area (Å²) in [4.78, 5) is 11.0. The van der Waals surface area contributed by atoms with Crippen LogP contribution in [-0.2, 0) is 4.79 Å². The summed E-state index contributed by atoms with van der Waals surface area (Å²) in [6, 6.07) is -0.267. The molecule has 0 aromatic rings. The molecular weight excluding hydrogens is 126 g/mol. The first kappa shape index (κ1) is 9.37. The van der Waals surface area contributed by atoms with Crippen LogP contribution in [0.15, 0.2) is 12.2 Å². The molecule has 0 heterocycles. The van der Waals surface area contributed by atoms with Gasteiger partial charge in [0.2, 0.25) is 0 Å². The van der Waals surface area contributed by atoms with Gasteiger partial charge in [-0.2, -0.15) is 0 Å². The lowest BCUT2D eigenvalue weighted by molar-refractivity contribution is -0.119. The fourth-order valence-electron chi connectivity index (χ4n) is 0.613. The van der Waals surface area contributed by atoms with Gasteiger partial charge in [0.15, 0.2) is 5.78 Å². The SMILES string of the molecule is C/C=C\CC(=O)C(N)CC. The molecule has 0 spiro atoms. The van der Waals surface area contributed by atoms with E-state index in [0.29, 0.717) is 6.42 Å². The highest BCUT2D eigenvalue weighted by Gasteiger charge is 2.07. The second-order valence-electron chi connectivity index (χ2n) is 2.25. The summed E-state index contributed by atoms with van der Waals surface area (Å²) in [7, 11) is 0. The lowest BCUT2D eigenvalue weighted by Gasteiger charge is -2.03. The molecule has 1 unspecified atom stereocenters. The first-order valence-electron chi connectivity index (χ1n) is 3.61. The lowest BCUT2D eigenvalue weighted by Crippen LogP contribution is -2.28. The second-order valence-corrected chi connectivity index (χ2v) is 2.25. The molecule has 0 aliphatic rings. The maximum atomic E-state index is 11.0. The van der Waals surface area contributed by atoms with Crippen LogP contribution in [0.1, 0.15) is 26.7 Å². The number of Topliss-reactive ketones (excluding diaryl/α,β-unsaturated/α-hetero) is 1. The van der Waals surface area contributed by atoms with Crippen molar-refractivity contribution in [1.29, 1.82) is 0 Å². The Balaban J connectivity index is 3.62. The van der Waals surface area contributed by atoms with E-state index in [9.17, 15) is 4.79 Å². The van der Waals surface area contributed by atoms with Gasteiger partial charge >= 0.3 is 0 Å². The van der Waals surface area contributed by atoms with E-state index in [-0.39, 0.29) is 11.8 Å². The van der Waals surface area contributed by atoms with Crippen LogP contribution < -0.4 is 5.73 Å². The molecule has 0 radical (unpaired) electrons. The Morgan fingerprint density at radius 3 is 2.70 bits per heavy atom. The monoisotopic (exact) mass is 141 g/mol. The fourth-order valence-corrected chi connectivity index (χ4v) is 0.613. The normalized spacial score (nSPS) is 13.9. The maximum absolute atomic E-state index is 11.0. The molecule has 0 amide bonds. The van der Waals surface area contributed by atoms with Crippen LogP contribution in [0, 0.1) is 0 Å². The Labute approximate surface area is 62.1 Å². The predicted octanol–water partition coefficient (Wildman–Crippen LogP) is 1.26. The van der Waals surface area contributed by atoms with Crippen LogP contribution >= 0.6 is 0 Å². The molecule has 2 N–H and O–H groups in total. The third kappa shape index (κ3) is 3.41. The van der Waals surface area contributed by atoms with Gasteiger partial charge in [-0.1, -0.05) is 19.1 Å². The van der Waals surface area contributed by atoms with E-state index in [2.05, 4.69) is 0 Å². The van der Waals surface area contributed by atoms with Gasteiger partial charge < -0.3 is 5.73 Å². The summed E-state index contributed by atoms with van der Waals surface area (Å²) in [6.07, 6.45) is 4.90. The van der Waals surface area contributed by atoms with E-state index >= 15 is 0 Å². The van der Waals surface area contributed by atoms with Gasteiger partial charge in [-0.15, -0.1) is 0 Å². The van der Waals surface area contributed by atoms with Gasteiger partial charge in [-0.05, 0) is 13.3 Å². The number of ketones is 1. The first-order chi connectivity index (χ1) is 4.72. The molecule has 2 heteroatoms. The summed E-state index contributed by atoms with van der Waals surface area (Å²) in [5.74, 6) is 0.126. The molecule has 0 bridgehead atoms. The van der Waals surface area contributed by atoms with Crippen LogP contribution in [-0.4, -0.2) is 11.8 Å². The summed E-state index contributed by atoms with van der Waals surface area (Å²) < 4.78 is 0. The fraction of sp³-hybridized carbons (Fsp3) is 0.625. The van der Waals surface area contributed by atoms with Gasteiger partial charge in [0, 0.05) is 6.42 Å². The summed E-state index contributed by atoms with van der Waals surface area (Å²) >= 11 is 0. The highest BCUT2D eigenvalue weighted by molar-refractivity contribution is 5.84. The highest BCUT2D eigenvalue weighted by atomic mass is 16.1. The third-order valence-electron chi connectivity index (χ3n) is 1.41. The number of hydrogen-bond donors (Lipinski definition) is 1. The average Bonchev–Trinajstić information content (AvgIpc) is 1.98. The minimum atomic E-state index is -0.267. The van der Waals surface area contributed by atoms with Crippen molar-refractivity contribution in [2.45, 2.75) is 32.7 Å². The zero-order valence-corrected chi connectivity index (χ0v) is 6.63. The molecule has 0 aliphatic heterocycles. The van der Waals surface area contributed by atoms with Crippen molar-refractivity contribution in [3.63, 3.8) is 0 Å².